The third kappa shape index (κ3) is 3.45. The number of amides is 1. The molecule has 0 bridgehead atoms. The van der Waals surface area contributed by atoms with Crippen molar-refractivity contribution in [2.24, 2.45) is 5.92 Å². The monoisotopic (exact) mass is 401 g/mol. The minimum Gasteiger partial charge on any atom is -0.346 e. The molecule has 1 aliphatic rings. The Hall–Kier alpha value is -0.350. The lowest BCUT2D eigenvalue weighted by Crippen LogP contribution is -2.52. The zero-order valence-corrected chi connectivity index (χ0v) is 15.2. The van der Waals surface area contributed by atoms with Gasteiger partial charge in [-0.25, -0.2) is 0 Å². The highest BCUT2D eigenvalue weighted by molar-refractivity contribution is 9.10. The highest BCUT2D eigenvalue weighted by Crippen LogP contribution is 2.34. The Labute approximate surface area is 138 Å². The summed E-state index contributed by atoms with van der Waals surface area (Å²) < 4.78 is 0.895. The topological polar surface area (TPSA) is 29.1 Å². The van der Waals surface area contributed by atoms with Crippen LogP contribution in [0, 0.1) is 12.8 Å². The number of benzene rings is 1. The predicted octanol–water partition coefficient (Wildman–Crippen LogP) is 4.83. The molecule has 1 amide bonds. The molecule has 1 aliphatic carbocycles. The summed E-state index contributed by atoms with van der Waals surface area (Å²) in [7, 11) is 0. The molecular weight excluding hydrogens is 382 g/mol. The van der Waals surface area contributed by atoms with Crippen molar-refractivity contribution in [1.82, 2.24) is 5.32 Å². The molecule has 1 aromatic rings. The van der Waals surface area contributed by atoms with Gasteiger partial charge in [0.1, 0.15) is 0 Å². The molecule has 2 rings (SSSR count). The van der Waals surface area contributed by atoms with Crippen LogP contribution in [0.5, 0.6) is 0 Å². The van der Waals surface area contributed by atoms with Crippen LogP contribution in [0.15, 0.2) is 22.7 Å². The molecule has 0 atom stereocenters. The van der Waals surface area contributed by atoms with Gasteiger partial charge in [0.2, 0.25) is 0 Å². The fourth-order valence-corrected chi connectivity index (χ4v) is 3.88. The first-order chi connectivity index (χ1) is 9.47. The van der Waals surface area contributed by atoms with E-state index in [4.69, 9.17) is 0 Å². The number of aryl methyl sites for hydroxylation is 1. The van der Waals surface area contributed by atoms with E-state index in [0.29, 0.717) is 0 Å². The molecule has 0 spiro atoms. The molecule has 0 unspecified atom stereocenters. The van der Waals surface area contributed by atoms with Gasteiger partial charge in [0.05, 0.1) is 11.1 Å². The maximum atomic E-state index is 12.6. The average molecular weight is 403 g/mol. The third-order valence-corrected chi connectivity index (χ3v) is 6.43. The van der Waals surface area contributed by atoms with E-state index in [9.17, 15) is 4.79 Å². The van der Waals surface area contributed by atoms with Crippen LogP contribution in [-0.4, -0.2) is 16.8 Å². The van der Waals surface area contributed by atoms with Crippen molar-refractivity contribution >= 4 is 37.8 Å². The Kier molecular flexibility index (Phi) is 5.30. The molecule has 1 N–H and O–H groups in total. The number of hydrogen-bond acceptors (Lipinski definition) is 1. The maximum absolute atomic E-state index is 12.6. The third-order valence-electron chi connectivity index (χ3n) is 4.30. The molecule has 2 nitrogen and oxygen atoms in total. The average Bonchev–Trinajstić information content (AvgIpc) is 2.44. The van der Waals surface area contributed by atoms with E-state index < -0.39 is 0 Å². The smallest absolute Gasteiger partial charge is 0.252 e. The van der Waals surface area contributed by atoms with Gasteiger partial charge in [-0.1, -0.05) is 35.0 Å². The molecule has 1 saturated carbocycles. The summed E-state index contributed by atoms with van der Waals surface area (Å²) in [6.45, 7) is 4.29. The summed E-state index contributed by atoms with van der Waals surface area (Å²) in [5.74, 6) is 0.791. The number of carbonyl (C=O) groups excluding carboxylic acids is 1. The van der Waals surface area contributed by atoms with Gasteiger partial charge < -0.3 is 5.32 Å². The fourth-order valence-electron chi connectivity index (χ4n) is 2.74. The number of nitrogens with one attached hydrogen (secondary N) is 1. The number of halogens is 2. The lowest BCUT2D eigenvalue weighted by atomic mass is 9.78. The Morgan fingerprint density at radius 1 is 1.40 bits per heavy atom. The minimum absolute atomic E-state index is 0.0228. The molecule has 1 aromatic carbocycles. The van der Waals surface area contributed by atoms with Crippen molar-refractivity contribution in [2.75, 3.05) is 5.33 Å². The van der Waals surface area contributed by atoms with E-state index in [1.54, 1.807) is 0 Å². The second-order valence-electron chi connectivity index (χ2n) is 5.99. The van der Waals surface area contributed by atoms with Crippen molar-refractivity contribution in [3.05, 3.63) is 33.8 Å². The quantitative estimate of drug-likeness (QED) is 0.720. The van der Waals surface area contributed by atoms with Crippen LogP contribution in [0.2, 0.25) is 0 Å². The first kappa shape index (κ1) is 16.0. The van der Waals surface area contributed by atoms with E-state index in [0.717, 1.165) is 39.7 Å². The molecule has 1 fully saturated rings. The molecule has 0 heterocycles. The summed E-state index contributed by atoms with van der Waals surface area (Å²) in [5, 5.41) is 4.09. The number of rotatable bonds is 3. The highest BCUT2D eigenvalue weighted by Gasteiger charge is 2.35. The summed E-state index contributed by atoms with van der Waals surface area (Å²) in [5.41, 5.74) is 1.72. The molecule has 4 heteroatoms. The summed E-state index contributed by atoms with van der Waals surface area (Å²) in [4.78, 5) is 12.6. The largest absolute Gasteiger partial charge is 0.346 e. The van der Waals surface area contributed by atoms with E-state index in [1.807, 2.05) is 25.1 Å². The number of alkyl halides is 1. The predicted molar refractivity (Wildman–Crippen MR) is 90.5 cm³/mol. The molecule has 0 saturated heterocycles. The van der Waals surface area contributed by atoms with Gasteiger partial charge in [-0.05, 0) is 66.1 Å². The second kappa shape index (κ2) is 6.61. The SMILES string of the molecule is Cc1cccc(C(=O)NC2(CBr)CCC(C)CC2)c1Br. The van der Waals surface area contributed by atoms with Crippen LogP contribution >= 0.6 is 31.9 Å². The van der Waals surface area contributed by atoms with Crippen LogP contribution in [0.4, 0.5) is 0 Å². The lowest BCUT2D eigenvalue weighted by molar-refractivity contribution is 0.0873. The normalized spacial score (nSPS) is 26.3. The van der Waals surface area contributed by atoms with Crippen LogP contribution in [0.1, 0.15) is 48.5 Å². The molecule has 0 aliphatic heterocycles. The van der Waals surface area contributed by atoms with Crippen molar-refractivity contribution in [1.29, 1.82) is 0 Å². The molecular formula is C16H21Br2NO. The van der Waals surface area contributed by atoms with Crippen LogP contribution in [0.25, 0.3) is 0 Å². The fraction of sp³-hybridized carbons (Fsp3) is 0.562. The van der Waals surface area contributed by atoms with E-state index in [-0.39, 0.29) is 11.4 Å². The van der Waals surface area contributed by atoms with Crippen molar-refractivity contribution < 1.29 is 4.79 Å². The Morgan fingerprint density at radius 2 is 2.05 bits per heavy atom. The van der Waals surface area contributed by atoms with Gasteiger partial charge in [-0.3, -0.25) is 4.79 Å². The zero-order chi connectivity index (χ0) is 14.8. The van der Waals surface area contributed by atoms with Crippen LogP contribution in [0.3, 0.4) is 0 Å². The molecule has 20 heavy (non-hydrogen) atoms. The van der Waals surface area contributed by atoms with Gasteiger partial charge in [-0.15, -0.1) is 0 Å². The van der Waals surface area contributed by atoms with Crippen molar-refractivity contribution in [3.8, 4) is 0 Å². The zero-order valence-electron chi connectivity index (χ0n) is 12.0. The number of carbonyl (C=O) groups is 1. The first-order valence-corrected chi connectivity index (χ1v) is 9.02. The van der Waals surface area contributed by atoms with Gasteiger partial charge in [0.25, 0.3) is 5.91 Å². The molecule has 0 aromatic heterocycles. The highest BCUT2D eigenvalue weighted by atomic mass is 79.9. The summed E-state index contributed by atoms with van der Waals surface area (Å²) in [6, 6.07) is 5.81. The van der Waals surface area contributed by atoms with Crippen LogP contribution < -0.4 is 5.32 Å². The van der Waals surface area contributed by atoms with E-state index in [1.165, 1.54) is 12.8 Å². The second-order valence-corrected chi connectivity index (χ2v) is 7.34. The van der Waals surface area contributed by atoms with E-state index in [2.05, 4.69) is 44.1 Å². The maximum Gasteiger partial charge on any atom is 0.252 e. The minimum atomic E-state index is -0.0905. The van der Waals surface area contributed by atoms with Gasteiger partial charge in [-0.2, -0.15) is 0 Å². The first-order valence-electron chi connectivity index (χ1n) is 7.11. The summed E-state index contributed by atoms with van der Waals surface area (Å²) >= 11 is 7.12. The van der Waals surface area contributed by atoms with Crippen LogP contribution in [-0.2, 0) is 0 Å². The van der Waals surface area contributed by atoms with Gasteiger partial charge >= 0.3 is 0 Å². The Morgan fingerprint density at radius 3 is 2.65 bits per heavy atom. The van der Waals surface area contributed by atoms with Crippen molar-refractivity contribution in [2.45, 2.75) is 45.1 Å². The number of hydrogen-bond donors (Lipinski definition) is 1. The van der Waals surface area contributed by atoms with Gasteiger partial charge in [0.15, 0.2) is 0 Å². The summed E-state index contributed by atoms with van der Waals surface area (Å²) in [6.07, 6.45) is 4.46. The van der Waals surface area contributed by atoms with Gasteiger partial charge in [0, 0.05) is 9.80 Å². The van der Waals surface area contributed by atoms with Crippen molar-refractivity contribution in [3.63, 3.8) is 0 Å². The standard InChI is InChI=1S/C16H21Br2NO/c1-11-6-8-16(10-17,9-7-11)19-15(20)13-5-3-4-12(2)14(13)18/h3-5,11H,6-10H2,1-2H3,(H,19,20). The Bertz CT molecular complexity index is 493. The lowest BCUT2D eigenvalue weighted by Gasteiger charge is -2.39. The van der Waals surface area contributed by atoms with E-state index >= 15 is 0 Å². The molecule has 0 radical (unpaired) electrons. The Balaban J connectivity index is 2.15. The molecule has 110 valence electrons.